The summed E-state index contributed by atoms with van der Waals surface area (Å²) in [5.74, 6) is -11.1. The molecule has 0 saturated carbocycles. The molecule has 3 heterocycles. The number of fused-ring (bicyclic) bond motifs is 2. The molecular weight excluding hydrogens is 880 g/mol. The zero-order valence-corrected chi connectivity index (χ0v) is 33.8. The van der Waals surface area contributed by atoms with E-state index in [0.29, 0.717) is 17.0 Å². The van der Waals surface area contributed by atoms with E-state index in [2.05, 4.69) is 25.2 Å². The van der Waals surface area contributed by atoms with Gasteiger partial charge in [-0.25, -0.2) is 22.0 Å². The van der Waals surface area contributed by atoms with Gasteiger partial charge in [-0.3, -0.25) is 19.1 Å². The Kier molecular flexibility index (Phi) is 11.7. The zero-order chi connectivity index (χ0) is 45.3. The number of halogens is 11. The highest BCUT2D eigenvalue weighted by Gasteiger charge is 2.57. The minimum Gasteiger partial charge on any atom is -0.452 e. The van der Waals surface area contributed by atoms with E-state index in [0.717, 1.165) is 39.2 Å². The van der Waals surface area contributed by atoms with Gasteiger partial charge in [0.25, 0.3) is 5.92 Å². The van der Waals surface area contributed by atoms with Crippen molar-refractivity contribution in [3.05, 3.63) is 93.0 Å². The second kappa shape index (κ2) is 15.8. The van der Waals surface area contributed by atoms with Crippen LogP contribution in [0.4, 0.5) is 54.5 Å². The number of ether oxygens (including phenoxy) is 1. The summed E-state index contributed by atoms with van der Waals surface area (Å²) < 4.78 is 176. The minimum absolute atomic E-state index is 0.0189. The molecule has 24 heteroatoms. The number of carbonyl (C=O) groups excluding carboxylic acids is 2. The van der Waals surface area contributed by atoms with Crippen LogP contribution in [0.15, 0.2) is 42.5 Å². The summed E-state index contributed by atoms with van der Waals surface area (Å²) in [6.07, 6.45) is -11.8. The number of pyridine rings is 1. The number of benzene rings is 2. The number of carbonyl (C=O) groups is 2. The van der Waals surface area contributed by atoms with Crippen LogP contribution in [0.5, 0.6) is 0 Å². The molecule has 3 atom stereocenters. The molecule has 0 bridgehead atoms. The van der Waals surface area contributed by atoms with Crippen LogP contribution in [0.1, 0.15) is 59.7 Å². The van der Waals surface area contributed by atoms with Gasteiger partial charge >= 0.3 is 18.4 Å². The first-order valence-electron chi connectivity index (χ1n) is 17.8. The first-order valence-corrected chi connectivity index (χ1v) is 20.0. The number of hydrogen-bond donors (Lipinski definition) is 1. The molecule has 3 aromatic heterocycles. The summed E-state index contributed by atoms with van der Waals surface area (Å²) in [6, 6.07) is 5.67. The zero-order valence-electron chi connectivity index (χ0n) is 32.2. The summed E-state index contributed by atoms with van der Waals surface area (Å²) in [4.78, 5) is 31.2. The number of nitrogens with zero attached hydrogens (tertiary/aromatic N) is 6. The molecule has 2 aromatic carbocycles. The summed E-state index contributed by atoms with van der Waals surface area (Å²) in [5, 5.41) is 8.76. The Labute approximate surface area is 344 Å². The lowest BCUT2D eigenvalue weighted by Gasteiger charge is -2.24. The maximum absolute atomic E-state index is 15.6. The van der Waals surface area contributed by atoms with Gasteiger partial charge in [0.2, 0.25) is 15.9 Å². The fourth-order valence-electron chi connectivity index (χ4n) is 7.36. The van der Waals surface area contributed by atoms with Gasteiger partial charge in [-0.2, -0.15) is 49.6 Å². The van der Waals surface area contributed by atoms with Gasteiger partial charge in [-0.05, 0) is 49.1 Å². The molecule has 328 valence electrons. The third-order valence-electron chi connectivity index (χ3n) is 10.0. The number of nitrogens with one attached hydrogen (secondary N) is 1. The van der Waals surface area contributed by atoms with Gasteiger partial charge in [0, 0.05) is 34.4 Å². The summed E-state index contributed by atoms with van der Waals surface area (Å²) >= 11 is 6.48. The van der Waals surface area contributed by atoms with Crippen LogP contribution in [0.25, 0.3) is 22.0 Å². The number of methoxy groups -OCH3 is 1. The Morgan fingerprint density at radius 2 is 1.61 bits per heavy atom. The molecule has 0 radical (unpaired) electrons. The maximum atomic E-state index is 15.6. The first-order chi connectivity index (χ1) is 28.1. The minimum atomic E-state index is -5.19. The van der Waals surface area contributed by atoms with E-state index in [1.165, 1.54) is 25.1 Å². The van der Waals surface area contributed by atoms with Crippen LogP contribution < -0.4 is 9.62 Å². The maximum Gasteiger partial charge on any atom is 0.435 e. The third kappa shape index (κ3) is 8.70. The fourth-order valence-corrected chi connectivity index (χ4v) is 8.38. The molecular formula is C37H32ClF10N7O5S. The highest BCUT2D eigenvalue weighted by Crippen LogP contribution is 2.55. The van der Waals surface area contributed by atoms with Crippen molar-refractivity contribution >= 4 is 50.3 Å². The predicted molar refractivity (Wildman–Crippen MR) is 198 cm³/mol. The van der Waals surface area contributed by atoms with Crippen molar-refractivity contribution in [1.29, 1.82) is 0 Å². The van der Waals surface area contributed by atoms with E-state index in [-0.39, 0.29) is 37.1 Å². The number of anilines is 1. The van der Waals surface area contributed by atoms with Crippen LogP contribution in [-0.2, 0) is 51.2 Å². The van der Waals surface area contributed by atoms with Crippen LogP contribution in [0.2, 0.25) is 5.02 Å². The SMILES string of the molecule is COC(=O)N(c1nn(CC(F)(F)F)c2c(-c3ccc(C)nc3[C@H](Cc3cc(F)cc(F)c3)NC(=O)Cn3nc(C(F)(F)F)c4c3C(F)(F)[C@H](C)[C@@H]4C)ccc(Cl)c12)S(C)(=O)=O. The first kappa shape index (κ1) is 45.1. The number of rotatable bonds is 10. The van der Waals surface area contributed by atoms with Crippen molar-refractivity contribution in [2.45, 2.75) is 70.5 Å². The molecule has 61 heavy (non-hydrogen) atoms. The van der Waals surface area contributed by atoms with Crippen LogP contribution in [0, 0.1) is 24.5 Å². The Balaban J connectivity index is 1.57. The van der Waals surface area contributed by atoms with Crippen molar-refractivity contribution in [2.75, 3.05) is 17.7 Å². The Hall–Kier alpha value is -5.45. The van der Waals surface area contributed by atoms with E-state index >= 15 is 8.78 Å². The van der Waals surface area contributed by atoms with Crippen molar-refractivity contribution < 1.29 is 66.6 Å². The molecule has 0 spiro atoms. The fraction of sp³-hybridized carbons (Fsp3) is 0.378. The van der Waals surface area contributed by atoms with Crippen molar-refractivity contribution in [3.8, 4) is 11.1 Å². The number of alkyl halides is 8. The van der Waals surface area contributed by atoms with E-state index < -0.39 is 128 Å². The molecule has 12 nitrogen and oxygen atoms in total. The highest BCUT2D eigenvalue weighted by molar-refractivity contribution is 7.92. The Bertz CT molecular complexity index is 2660. The van der Waals surface area contributed by atoms with Gasteiger partial charge in [-0.1, -0.05) is 37.6 Å². The molecule has 5 aromatic rings. The molecule has 2 amide bonds. The predicted octanol–water partition coefficient (Wildman–Crippen LogP) is 8.59. The van der Waals surface area contributed by atoms with Crippen LogP contribution in [0.3, 0.4) is 0 Å². The highest BCUT2D eigenvalue weighted by atomic mass is 35.5. The molecule has 1 aliphatic carbocycles. The Morgan fingerprint density at radius 3 is 2.18 bits per heavy atom. The van der Waals surface area contributed by atoms with E-state index in [4.69, 9.17) is 11.6 Å². The number of aryl methyl sites for hydroxylation is 1. The molecule has 1 aliphatic rings. The van der Waals surface area contributed by atoms with Gasteiger partial charge in [-0.15, -0.1) is 0 Å². The number of sulfonamides is 1. The molecule has 0 unspecified atom stereocenters. The van der Waals surface area contributed by atoms with Gasteiger partial charge in [0.1, 0.15) is 30.4 Å². The average molecular weight is 912 g/mol. The molecule has 1 N–H and O–H groups in total. The van der Waals surface area contributed by atoms with Crippen molar-refractivity contribution in [2.24, 2.45) is 5.92 Å². The second-order valence-electron chi connectivity index (χ2n) is 14.4. The number of amides is 2. The summed E-state index contributed by atoms with van der Waals surface area (Å²) in [5.41, 5.74) is -4.64. The summed E-state index contributed by atoms with van der Waals surface area (Å²) in [6.45, 7) is 0.539. The normalized spacial score (nSPS) is 17.0. The largest absolute Gasteiger partial charge is 0.452 e. The number of hydrogen-bond acceptors (Lipinski definition) is 8. The average Bonchev–Trinajstić information content (AvgIpc) is 3.73. The lowest BCUT2D eigenvalue weighted by Crippen LogP contribution is -2.36. The smallest absolute Gasteiger partial charge is 0.435 e. The Morgan fingerprint density at radius 1 is 0.984 bits per heavy atom. The summed E-state index contributed by atoms with van der Waals surface area (Å²) in [7, 11) is -3.87. The van der Waals surface area contributed by atoms with Gasteiger partial charge < -0.3 is 10.1 Å². The molecule has 0 saturated heterocycles. The topological polar surface area (TPSA) is 141 Å². The molecule has 0 fully saturated rings. The standard InChI is InChI=1S/C37H32ClF10N7O5S/c1-16-6-7-22(23-8-9-24(38)28-30(23)54(15-35(41,42)43)52-33(28)55(34(57)60-4)61(5,58)59)29(49-16)25(12-19-10-20(39)13-21(40)11-19)50-26(56)14-53-32-27(31(51-53)37(46,47)48)17(2)18(3)36(32,44)45/h6-11,13,17-18,25H,12,14-15H2,1-5H3,(H,50,56)/t17-,18+,25-/m0/s1. The van der Waals surface area contributed by atoms with E-state index in [1.807, 2.05) is 0 Å². The van der Waals surface area contributed by atoms with E-state index in [9.17, 15) is 53.1 Å². The molecule has 6 rings (SSSR count). The van der Waals surface area contributed by atoms with Crippen molar-refractivity contribution in [1.82, 2.24) is 29.9 Å². The van der Waals surface area contributed by atoms with Crippen LogP contribution >= 0.6 is 11.6 Å². The van der Waals surface area contributed by atoms with Gasteiger partial charge in [0.05, 0.1) is 41.0 Å². The quantitative estimate of drug-likeness (QED) is 0.138. The monoisotopic (exact) mass is 911 g/mol. The molecule has 0 aliphatic heterocycles. The van der Waals surface area contributed by atoms with Crippen molar-refractivity contribution in [3.63, 3.8) is 0 Å². The second-order valence-corrected chi connectivity index (χ2v) is 16.6. The van der Waals surface area contributed by atoms with E-state index in [1.54, 1.807) is 0 Å². The lowest BCUT2D eigenvalue weighted by atomic mass is 9.93. The number of aromatic nitrogens is 5. The van der Waals surface area contributed by atoms with Crippen LogP contribution in [-0.4, -0.2) is 64.5 Å². The third-order valence-corrected chi connectivity index (χ3v) is 11.3. The lowest BCUT2D eigenvalue weighted by molar-refractivity contribution is -0.143. The van der Waals surface area contributed by atoms with Gasteiger partial charge in [0.15, 0.2) is 11.5 Å².